The Labute approximate surface area is 410 Å². The number of nitrogens with one attached hydrogen (secondary N) is 4. The van der Waals surface area contributed by atoms with E-state index in [1.807, 2.05) is 0 Å². The van der Waals surface area contributed by atoms with E-state index in [1.165, 1.54) is 4.88 Å². The van der Waals surface area contributed by atoms with Crippen LogP contribution in [0, 0.1) is 0 Å². The molecule has 2 atom stereocenters. The van der Waals surface area contributed by atoms with Gasteiger partial charge >= 0.3 is 0 Å². The lowest BCUT2D eigenvalue weighted by molar-refractivity contribution is -0.126. The fraction of sp³-hybridized carbons (Fsp3) is 0.517. The second-order valence-corrected chi connectivity index (χ2v) is 17.9. The van der Waals surface area contributed by atoms with Crippen molar-refractivity contribution >= 4 is 34.2 Å². The van der Waals surface area contributed by atoms with E-state index in [4.69, 9.17) is 4.98 Å². The van der Waals surface area contributed by atoms with Gasteiger partial charge in [-0.25, -0.2) is 4.98 Å². The van der Waals surface area contributed by atoms with Crippen LogP contribution in [0.2, 0.25) is 0 Å². The SMILES string of the molecule is CC/C=C\C/C=C\C/C=C\C/C=C\C/C=C\C/C=C\CCC(=O)NCCCC[C@H](NC(=O)CCC/C=C\C/C=C\C/C=C\C/C=C\C/C=C\CC)C(=O)Nc1nc2c(s1)C[C@H](NCCC)CC2. The van der Waals surface area contributed by atoms with Gasteiger partial charge in [0.05, 0.1) is 5.69 Å². The van der Waals surface area contributed by atoms with Gasteiger partial charge in [0.15, 0.2) is 5.13 Å². The van der Waals surface area contributed by atoms with Crippen molar-refractivity contribution in [3.05, 3.63) is 144 Å². The molecule has 0 bridgehead atoms. The molecule has 8 nitrogen and oxygen atoms in total. The number of fused-ring (bicyclic) bond motifs is 1. The number of carbonyl (C=O) groups excluding carboxylic acids is 3. The van der Waals surface area contributed by atoms with E-state index < -0.39 is 6.04 Å². The first-order valence-electron chi connectivity index (χ1n) is 25.7. The van der Waals surface area contributed by atoms with E-state index >= 15 is 0 Å². The highest BCUT2D eigenvalue weighted by atomic mass is 32.1. The van der Waals surface area contributed by atoms with Gasteiger partial charge in [-0.1, -0.05) is 154 Å². The largest absolute Gasteiger partial charge is 0.356 e. The lowest BCUT2D eigenvalue weighted by atomic mass is 9.98. The molecule has 1 aliphatic carbocycles. The summed E-state index contributed by atoms with van der Waals surface area (Å²) in [4.78, 5) is 45.2. The minimum atomic E-state index is -0.676. The van der Waals surface area contributed by atoms with Crippen LogP contribution in [0.1, 0.15) is 166 Å². The molecule has 1 aromatic rings. The second-order valence-electron chi connectivity index (χ2n) is 16.8. The number of aromatic nitrogens is 1. The number of carbonyl (C=O) groups is 3. The zero-order valence-corrected chi connectivity index (χ0v) is 42.4. The van der Waals surface area contributed by atoms with Crippen molar-refractivity contribution in [2.45, 2.75) is 181 Å². The average Bonchev–Trinajstić information content (AvgIpc) is 3.73. The van der Waals surface area contributed by atoms with Crippen LogP contribution >= 0.6 is 11.3 Å². The van der Waals surface area contributed by atoms with E-state index in [1.54, 1.807) is 11.3 Å². The molecule has 0 aliphatic heterocycles. The molecule has 0 spiro atoms. The highest BCUT2D eigenvalue weighted by Crippen LogP contribution is 2.30. The molecule has 0 unspecified atom stereocenters. The van der Waals surface area contributed by atoms with Gasteiger partial charge in [-0.15, -0.1) is 11.3 Å². The Bertz CT molecular complexity index is 1810. The quantitative estimate of drug-likeness (QED) is 0.0390. The smallest absolute Gasteiger partial charge is 0.248 e. The first kappa shape index (κ1) is 58.3. The number of hydrogen-bond donors (Lipinski definition) is 4. The Morgan fingerprint density at radius 2 is 1.07 bits per heavy atom. The standard InChI is InChI=1S/C58H87N5O3S/c1-4-7-9-11-13-15-17-19-21-23-24-26-27-29-31-33-35-37-39-44-55(64)60-49-42-41-43-53(57(66)63-58-62-52-47-46-51(59-48-6-3)50-54(52)67-58)61-56(65)45-40-38-36-34-32-30-28-25-22-20-18-16-14-12-10-8-5-2/h7-10,13-16,19-22,24,26,28-31,34-37,51,53,59H,4-6,11-12,17-18,23,25,27,32-33,38-50H2,1-3H3,(H,60,64)(H,61,65)(H,62,63,66)/b9-7-,10-8-,15-13-,16-14-,21-19-,22-20-,26-24-,30-28-,31-29-,36-34-,37-35-/t51-,53+/m1/s1. The molecule has 0 fully saturated rings. The van der Waals surface area contributed by atoms with Crippen LogP contribution in [0.4, 0.5) is 5.13 Å². The third kappa shape index (κ3) is 33.3. The normalized spacial score (nSPS) is 15.3. The molecular weight excluding hydrogens is 847 g/mol. The molecule has 9 heteroatoms. The molecule has 0 saturated heterocycles. The highest BCUT2D eigenvalue weighted by Gasteiger charge is 2.25. The Morgan fingerprint density at radius 1 is 0.582 bits per heavy atom. The van der Waals surface area contributed by atoms with Crippen molar-refractivity contribution in [3.63, 3.8) is 0 Å². The maximum absolute atomic E-state index is 13.6. The molecular formula is C58H87N5O3S. The van der Waals surface area contributed by atoms with Crippen LogP contribution in [0.25, 0.3) is 0 Å². The lowest BCUT2D eigenvalue weighted by Crippen LogP contribution is -2.43. The van der Waals surface area contributed by atoms with Crippen LogP contribution in [-0.4, -0.2) is 47.9 Å². The molecule has 0 saturated carbocycles. The summed E-state index contributed by atoms with van der Waals surface area (Å²) >= 11 is 1.55. The van der Waals surface area contributed by atoms with Crippen molar-refractivity contribution < 1.29 is 14.4 Å². The molecule has 67 heavy (non-hydrogen) atoms. The number of rotatable bonds is 38. The summed E-state index contributed by atoms with van der Waals surface area (Å²) in [5.74, 6) is -0.341. The molecule has 3 amide bonds. The van der Waals surface area contributed by atoms with Crippen molar-refractivity contribution in [3.8, 4) is 0 Å². The number of anilines is 1. The fourth-order valence-electron chi connectivity index (χ4n) is 7.07. The van der Waals surface area contributed by atoms with Crippen molar-refractivity contribution in [2.24, 2.45) is 0 Å². The molecule has 0 aromatic carbocycles. The van der Waals surface area contributed by atoms with Gasteiger partial charge in [0.1, 0.15) is 6.04 Å². The third-order valence-corrected chi connectivity index (χ3v) is 11.8. The van der Waals surface area contributed by atoms with Crippen LogP contribution in [0.15, 0.2) is 134 Å². The van der Waals surface area contributed by atoms with E-state index in [9.17, 15) is 14.4 Å². The summed E-state index contributed by atoms with van der Waals surface area (Å²) < 4.78 is 0. The van der Waals surface area contributed by atoms with Gasteiger partial charge in [0, 0.05) is 30.3 Å². The average molecular weight is 934 g/mol. The summed E-state index contributed by atoms with van der Waals surface area (Å²) in [6, 6.07) is -0.236. The number of unbranched alkanes of at least 4 members (excludes halogenated alkanes) is 2. The molecule has 0 radical (unpaired) electrons. The molecule has 368 valence electrons. The van der Waals surface area contributed by atoms with E-state index in [0.717, 1.165) is 115 Å². The zero-order chi connectivity index (χ0) is 48.1. The van der Waals surface area contributed by atoms with E-state index in [-0.39, 0.29) is 17.7 Å². The third-order valence-electron chi connectivity index (χ3n) is 10.8. The minimum Gasteiger partial charge on any atom is -0.356 e. The van der Waals surface area contributed by atoms with Crippen molar-refractivity contribution in [1.82, 2.24) is 20.9 Å². The number of nitrogens with zero attached hydrogens (tertiary/aromatic N) is 1. The number of amides is 3. The molecule has 1 aliphatic rings. The molecule has 1 aromatic heterocycles. The fourth-order valence-corrected chi connectivity index (χ4v) is 8.16. The van der Waals surface area contributed by atoms with Gasteiger partial charge in [0.25, 0.3) is 0 Å². The predicted molar refractivity (Wildman–Crippen MR) is 289 cm³/mol. The van der Waals surface area contributed by atoms with Crippen LogP contribution < -0.4 is 21.3 Å². The second kappa shape index (κ2) is 42.5. The first-order valence-corrected chi connectivity index (χ1v) is 26.5. The van der Waals surface area contributed by atoms with Crippen molar-refractivity contribution in [2.75, 3.05) is 18.4 Å². The summed E-state index contributed by atoms with van der Waals surface area (Å²) in [6.07, 6.45) is 67.4. The molecule has 2 rings (SSSR count). The maximum Gasteiger partial charge on any atom is 0.248 e. The van der Waals surface area contributed by atoms with Crippen LogP contribution in [-0.2, 0) is 27.2 Å². The molecule has 4 N–H and O–H groups in total. The van der Waals surface area contributed by atoms with E-state index in [2.05, 4.69) is 176 Å². The summed E-state index contributed by atoms with van der Waals surface area (Å²) in [7, 11) is 0. The monoisotopic (exact) mass is 934 g/mol. The Morgan fingerprint density at radius 3 is 1.58 bits per heavy atom. The van der Waals surface area contributed by atoms with Gasteiger partial charge in [-0.3, -0.25) is 14.4 Å². The van der Waals surface area contributed by atoms with Gasteiger partial charge in [-0.2, -0.15) is 0 Å². The predicted octanol–water partition coefficient (Wildman–Crippen LogP) is 14.1. The molecule has 1 heterocycles. The number of hydrogen-bond acceptors (Lipinski definition) is 6. The van der Waals surface area contributed by atoms with Gasteiger partial charge < -0.3 is 21.3 Å². The van der Waals surface area contributed by atoms with Crippen LogP contribution in [0.5, 0.6) is 0 Å². The topological polar surface area (TPSA) is 112 Å². The minimum absolute atomic E-state index is 0.0227. The van der Waals surface area contributed by atoms with E-state index in [0.29, 0.717) is 62.7 Å². The Balaban J connectivity index is 1.71. The maximum atomic E-state index is 13.6. The van der Waals surface area contributed by atoms with Gasteiger partial charge in [0.2, 0.25) is 17.7 Å². The number of allylic oxidation sites excluding steroid dienone is 22. The lowest BCUT2D eigenvalue weighted by Gasteiger charge is -2.21. The Kier molecular flexibility index (Phi) is 37.0. The summed E-state index contributed by atoms with van der Waals surface area (Å²) in [5.41, 5.74) is 1.07. The Hall–Kier alpha value is -4.86. The zero-order valence-electron chi connectivity index (χ0n) is 41.6. The number of aryl methyl sites for hydroxylation is 1. The first-order chi connectivity index (χ1) is 33.0. The number of thiazole rings is 1. The van der Waals surface area contributed by atoms with Gasteiger partial charge in [-0.05, 0) is 141 Å². The van der Waals surface area contributed by atoms with Crippen molar-refractivity contribution in [1.29, 1.82) is 0 Å². The highest BCUT2D eigenvalue weighted by molar-refractivity contribution is 7.15. The summed E-state index contributed by atoms with van der Waals surface area (Å²) in [5, 5.41) is 13.3. The summed E-state index contributed by atoms with van der Waals surface area (Å²) in [6.45, 7) is 8.01. The van der Waals surface area contributed by atoms with Crippen LogP contribution in [0.3, 0.4) is 0 Å².